The molecule has 0 amide bonds. The van der Waals surface area contributed by atoms with Gasteiger partial charge in [0.2, 0.25) is 0 Å². The molecule has 26 heavy (non-hydrogen) atoms. The number of esters is 1. The fourth-order valence-electron chi connectivity index (χ4n) is 3.10. The molecule has 0 spiro atoms. The van der Waals surface area contributed by atoms with Gasteiger partial charge in [0.05, 0.1) is 6.61 Å². The Morgan fingerprint density at radius 3 is 2.08 bits per heavy atom. The highest BCUT2D eigenvalue weighted by molar-refractivity contribution is 5.86. The van der Waals surface area contributed by atoms with E-state index in [9.17, 15) is 15.0 Å². The number of aliphatic hydroxyl groups excluding tert-OH is 1. The fraction of sp³-hybridized carbons (Fsp3) is 0.682. The van der Waals surface area contributed by atoms with Crippen LogP contribution in [0.5, 0.6) is 0 Å². The molecule has 2 atom stereocenters. The second kappa shape index (κ2) is 12.9. The van der Waals surface area contributed by atoms with Crippen molar-refractivity contribution in [3.63, 3.8) is 0 Å². The van der Waals surface area contributed by atoms with Crippen LogP contribution in [0.1, 0.15) is 77.6 Å². The molecule has 2 unspecified atom stereocenters. The molecule has 0 heterocycles. The first kappa shape index (κ1) is 22.7. The molecule has 0 radical (unpaired) electrons. The summed E-state index contributed by atoms with van der Waals surface area (Å²) < 4.78 is 5.06. The Morgan fingerprint density at radius 2 is 1.54 bits per heavy atom. The molecule has 0 aromatic rings. The van der Waals surface area contributed by atoms with Gasteiger partial charge in [-0.25, -0.2) is 4.79 Å². The van der Waals surface area contributed by atoms with Gasteiger partial charge in [0, 0.05) is 5.57 Å². The Hall–Kier alpha value is -1.39. The Kier molecular flexibility index (Phi) is 11.2. The smallest absolute Gasteiger partial charge is 0.333 e. The standard InChI is InChI=1S/C22H36O4/c1-19(2)21(24)26-18-14-10-8-6-4-3-5-7-9-12-16-22(25)17-13-11-15-20(22)23/h11,13,15,17,20,23,25H,1,3-10,12,14,16,18H2,2H3. The molecule has 0 bridgehead atoms. The molecule has 0 aromatic carbocycles. The summed E-state index contributed by atoms with van der Waals surface area (Å²) in [7, 11) is 0. The van der Waals surface area contributed by atoms with Crippen molar-refractivity contribution in [3.05, 3.63) is 36.5 Å². The summed E-state index contributed by atoms with van der Waals surface area (Å²) in [5.41, 5.74) is -0.615. The lowest BCUT2D eigenvalue weighted by atomic mass is 9.87. The first-order chi connectivity index (χ1) is 12.5. The SMILES string of the molecule is C=C(C)C(=O)OCCCCCCCCCCCCC1(O)C=CC=CC1O. The number of unbranched alkanes of at least 4 members (excludes halogenated alkanes) is 9. The highest BCUT2D eigenvalue weighted by atomic mass is 16.5. The van der Waals surface area contributed by atoms with E-state index in [0.29, 0.717) is 18.6 Å². The van der Waals surface area contributed by atoms with Gasteiger partial charge in [0.15, 0.2) is 0 Å². The number of hydrogen-bond donors (Lipinski definition) is 2. The molecule has 0 saturated heterocycles. The minimum atomic E-state index is -1.08. The fourth-order valence-corrected chi connectivity index (χ4v) is 3.10. The molecule has 0 aliphatic heterocycles. The van der Waals surface area contributed by atoms with Crippen LogP contribution in [-0.4, -0.2) is 34.5 Å². The maximum atomic E-state index is 11.2. The first-order valence-electron chi connectivity index (χ1n) is 10.0. The zero-order valence-electron chi connectivity index (χ0n) is 16.3. The van der Waals surface area contributed by atoms with Crippen LogP contribution >= 0.6 is 0 Å². The summed E-state index contributed by atoms with van der Waals surface area (Å²) in [6.45, 7) is 5.72. The molecule has 4 nitrogen and oxygen atoms in total. The second-order valence-corrected chi connectivity index (χ2v) is 7.38. The van der Waals surface area contributed by atoms with E-state index in [1.165, 1.54) is 38.5 Å². The minimum Gasteiger partial charge on any atom is -0.462 e. The van der Waals surface area contributed by atoms with Crippen LogP contribution in [-0.2, 0) is 9.53 Å². The Morgan fingerprint density at radius 1 is 1.00 bits per heavy atom. The van der Waals surface area contributed by atoms with E-state index in [1.54, 1.807) is 31.2 Å². The summed E-state index contributed by atoms with van der Waals surface area (Å²) >= 11 is 0. The van der Waals surface area contributed by atoms with E-state index in [4.69, 9.17) is 4.74 Å². The monoisotopic (exact) mass is 364 g/mol. The summed E-state index contributed by atoms with van der Waals surface area (Å²) in [4.78, 5) is 11.2. The lowest BCUT2D eigenvalue weighted by molar-refractivity contribution is -0.139. The van der Waals surface area contributed by atoms with Crippen LogP contribution in [0, 0.1) is 0 Å². The van der Waals surface area contributed by atoms with Crippen molar-refractivity contribution in [1.29, 1.82) is 0 Å². The van der Waals surface area contributed by atoms with Crippen LogP contribution < -0.4 is 0 Å². The van der Waals surface area contributed by atoms with Gasteiger partial charge in [-0.3, -0.25) is 0 Å². The number of allylic oxidation sites excluding steroid dienone is 2. The predicted octanol–water partition coefficient (Wildman–Crippen LogP) is 4.61. The normalized spacial score (nSPS) is 21.7. The molecular weight excluding hydrogens is 328 g/mol. The van der Waals surface area contributed by atoms with Crippen LogP contribution in [0.25, 0.3) is 0 Å². The highest BCUT2D eigenvalue weighted by Crippen LogP contribution is 2.25. The number of rotatable bonds is 14. The molecule has 4 heteroatoms. The minimum absolute atomic E-state index is 0.289. The van der Waals surface area contributed by atoms with Crippen molar-refractivity contribution in [2.45, 2.75) is 89.3 Å². The Labute approximate surface area is 158 Å². The van der Waals surface area contributed by atoms with Gasteiger partial charge in [-0.2, -0.15) is 0 Å². The Bertz CT molecular complexity index is 481. The summed E-state index contributed by atoms with van der Waals surface area (Å²) in [5.74, 6) is -0.289. The van der Waals surface area contributed by atoms with Gasteiger partial charge in [-0.1, -0.05) is 88.7 Å². The Balaban J connectivity index is 1.85. The third kappa shape index (κ3) is 9.35. The largest absolute Gasteiger partial charge is 0.462 e. The van der Waals surface area contributed by atoms with Gasteiger partial charge in [-0.05, 0) is 19.8 Å². The number of carbonyl (C=O) groups is 1. The molecule has 2 N–H and O–H groups in total. The average Bonchev–Trinajstić information content (AvgIpc) is 2.61. The van der Waals surface area contributed by atoms with Crippen molar-refractivity contribution in [3.8, 4) is 0 Å². The van der Waals surface area contributed by atoms with Crippen molar-refractivity contribution < 1.29 is 19.7 Å². The molecule has 1 aliphatic rings. The van der Waals surface area contributed by atoms with E-state index in [-0.39, 0.29) is 5.97 Å². The van der Waals surface area contributed by atoms with Crippen LogP contribution in [0.4, 0.5) is 0 Å². The molecule has 1 aliphatic carbocycles. The van der Waals surface area contributed by atoms with Crippen molar-refractivity contribution in [2.24, 2.45) is 0 Å². The van der Waals surface area contributed by atoms with E-state index < -0.39 is 11.7 Å². The molecule has 0 aromatic heterocycles. The molecular formula is C22H36O4. The van der Waals surface area contributed by atoms with Gasteiger partial charge >= 0.3 is 5.97 Å². The number of carbonyl (C=O) groups excluding carboxylic acids is 1. The quantitative estimate of drug-likeness (QED) is 0.268. The summed E-state index contributed by atoms with van der Waals surface area (Å²) in [5, 5.41) is 20.2. The molecule has 148 valence electrons. The van der Waals surface area contributed by atoms with Crippen molar-refractivity contribution in [2.75, 3.05) is 6.61 Å². The van der Waals surface area contributed by atoms with Crippen molar-refractivity contribution in [1.82, 2.24) is 0 Å². The summed E-state index contributed by atoms with van der Waals surface area (Å²) in [6.07, 6.45) is 18.2. The zero-order chi connectivity index (χ0) is 19.3. The summed E-state index contributed by atoms with van der Waals surface area (Å²) in [6, 6.07) is 0. The zero-order valence-corrected chi connectivity index (χ0v) is 16.3. The van der Waals surface area contributed by atoms with Crippen molar-refractivity contribution >= 4 is 5.97 Å². The average molecular weight is 365 g/mol. The lowest BCUT2D eigenvalue weighted by Gasteiger charge is -2.30. The second-order valence-electron chi connectivity index (χ2n) is 7.38. The number of hydrogen-bond acceptors (Lipinski definition) is 4. The van der Waals surface area contributed by atoms with Gasteiger partial charge in [0.25, 0.3) is 0 Å². The molecule has 0 fully saturated rings. The van der Waals surface area contributed by atoms with Gasteiger partial charge in [-0.15, -0.1) is 0 Å². The van der Waals surface area contributed by atoms with E-state index in [1.807, 2.05) is 0 Å². The van der Waals surface area contributed by atoms with Crippen LogP contribution in [0.2, 0.25) is 0 Å². The van der Waals surface area contributed by atoms with Crippen LogP contribution in [0.15, 0.2) is 36.5 Å². The van der Waals surface area contributed by atoms with E-state index in [2.05, 4.69) is 6.58 Å². The first-order valence-corrected chi connectivity index (χ1v) is 10.0. The molecule has 0 saturated carbocycles. The number of ether oxygens (including phenoxy) is 1. The van der Waals surface area contributed by atoms with E-state index in [0.717, 1.165) is 25.7 Å². The van der Waals surface area contributed by atoms with Crippen LogP contribution in [0.3, 0.4) is 0 Å². The van der Waals surface area contributed by atoms with Gasteiger partial charge < -0.3 is 14.9 Å². The third-order valence-electron chi connectivity index (χ3n) is 4.85. The third-order valence-corrected chi connectivity index (χ3v) is 4.85. The number of aliphatic hydroxyl groups is 2. The van der Waals surface area contributed by atoms with E-state index >= 15 is 0 Å². The molecule has 1 rings (SSSR count). The lowest BCUT2D eigenvalue weighted by Crippen LogP contribution is -2.40. The highest BCUT2D eigenvalue weighted by Gasteiger charge is 2.31. The maximum absolute atomic E-state index is 11.2. The predicted molar refractivity (Wildman–Crippen MR) is 106 cm³/mol. The van der Waals surface area contributed by atoms with Gasteiger partial charge in [0.1, 0.15) is 11.7 Å². The maximum Gasteiger partial charge on any atom is 0.333 e. The topological polar surface area (TPSA) is 66.8 Å².